The number of likely N-dealkylation sites (N-methyl/N-ethyl adjacent to an activating group) is 1. The third-order valence-corrected chi connectivity index (χ3v) is 4.49. The summed E-state index contributed by atoms with van der Waals surface area (Å²) >= 11 is 0. The monoisotopic (exact) mass is 253 g/mol. The topological polar surface area (TPSA) is 35.6 Å². The summed E-state index contributed by atoms with van der Waals surface area (Å²) in [6, 6.07) is 0.483. The van der Waals surface area contributed by atoms with Crippen molar-refractivity contribution in [2.75, 3.05) is 39.8 Å². The third-order valence-electron chi connectivity index (χ3n) is 4.49. The molecule has 18 heavy (non-hydrogen) atoms. The molecule has 1 saturated heterocycles. The fraction of sp³-hybridized carbons (Fsp3) is 0.929. The molecular formula is C14H27N3O. The summed E-state index contributed by atoms with van der Waals surface area (Å²) in [7, 11) is 1.99. The molecule has 0 aromatic rings. The summed E-state index contributed by atoms with van der Waals surface area (Å²) < 4.78 is 0. The Hall–Kier alpha value is -0.610. The first-order valence-corrected chi connectivity index (χ1v) is 7.35. The lowest BCUT2D eigenvalue weighted by atomic mass is 9.87. The molecule has 0 aromatic carbocycles. The van der Waals surface area contributed by atoms with E-state index in [2.05, 4.69) is 17.1 Å². The van der Waals surface area contributed by atoms with Gasteiger partial charge in [-0.05, 0) is 31.6 Å². The van der Waals surface area contributed by atoms with Gasteiger partial charge in [-0.2, -0.15) is 0 Å². The molecule has 1 N–H and O–H groups in total. The fourth-order valence-corrected chi connectivity index (χ4v) is 3.01. The largest absolute Gasteiger partial charge is 0.342 e. The SMILES string of the molecule is CC1CCC(N(C)C(=O)CN2CCNCC2)CC1. The highest BCUT2D eigenvalue weighted by Crippen LogP contribution is 2.26. The molecule has 0 unspecified atom stereocenters. The van der Waals surface area contributed by atoms with Crippen molar-refractivity contribution >= 4 is 5.91 Å². The lowest BCUT2D eigenvalue weighted by Gasteiger charge is -2.35. The number of carbonyl (C=O) groups is 1. The van der Waals surface area contributed by atoms with E-state index in [4.69, 9.17) is 0 Å². The van der Waals surface area contributed by atoms with Crippen LogP contribution in [0.15, 0.2) is 0 Å². The molecule has 1 heterocycles. The second-order valence-corrected chi connectivity index (χ2v) is 5.94. The Labute approximate surface area is 111 Å². The van der Waals surface area contributed by atoms with E-state index in [9.17, 15) is 4.79 Å². The second kappa shape index (κ2) is 6.53. The number of nitrogens with one attached hydrogen (secondary N) is 1. The van der Waals surface area contributed by atoms with Crippen molar-refractivity contribution in [1.29, 1.82) is 0 Å². The van der Waals surface area contributed by atoms with Crippen LogP contribution >= 0.6 is 0 Å². The number of nitrogens with zero attached hydrogens (tertiary/aromatic N) is 2. The molecule has 4 nitrogen and oxygen atoms in total. The smallest absolute Gasteiger partial charge is 0.236 e. The minimum absolute atomic E-state index is 0.302. The van der Waals surface area contributed by atoms with Gasteiger partial charge in [-0.25, -0.2) is 0 Å². The maximum absolute atomic E-state index is 12.3. The zero-order valence-corrected chi connectivity index (χ0v) is 11.8. The Morgan fingerprint density at radius 2 is 1.83 bits per heavy atom. The highest BCUT2D eigenvalue weighted by molar-refractivity contribution is 5.78. The number of hydrogen-bond donors (Lipinski definition) is 1. The highest BCUT2D eigenvalue weighted by atomic mass is 16.2. The van der Waals surface area contributed by atoms with Crippen LogP contribution in [0.5, 0.6) is 0 Å². The van der Waals surface area contributed by atoms with Gasteiger partial charge in [0.2, 0.25) is 5.91 Å². The normalized spacial score (nSPS) is 30.1. The minimum Gasteiger partial charge on any atom is -0.342 e. The summed E-state index contributed by atoms with van der Waals surface area (Å²) in [5.41, 5.74) is 0. The van der Waals surface area contributed by atoms with Gasteiger partial charge in [-0.15, -0.1) is 0 Å². The van der Waals surface area contributed by atoms with Gasteiger partial charge >= 0.3 is 0 Å². The fourth-order valence-electron chi connectivity index (χ4n) is 3.01. The molecule has 0 aromatic heterocycles. The molecule has 2 rings (SSSR count). The molecule has 1 aliphatic heterocycles. The van der Waals surface area contributed by atoms with Gasteiger partial charge in [0.1, 0.15) is 0 Å². The van der Waals surface area contributed by atoms with Gasteiger partial charge < -0.3 is 10.2 Å². The van der Waals surface area contributed by atoms with Gasteiger partial charge in [-0.3, -0.25) is 9.69 Å². The lowest BCUT2D eigenvalue weighted by molar-refractivity contribution is -0.134. The van der Waals surface area contributed by atoms with Crippen molar-refractivity contribution in [2.45, 2.75) is 38.6 Å². The van der Waals surface area contributed by atoms with Gasteiger partial charge in [0.05, 0.1) is 6.54 Å². The molecule has 0 atom stereocenters. The predicted octanol–water partition coefficient (Wildman–Crippen LogP) is 0.929. The summed E-state index contributed by atoms with van der Waals surface area (Å²) in [6.45, 7) is 6.95. The van der Waals surface area contributed by atoms with Crippen molar-refractivity contribution in [3.05, 3.63) is 0 Å². The van der Waals surface area contributed by atoms with Crippen molar-refractivity contribution in [1.82, 2.24) is 15.1 Å². The maximum Gasteiger partial charge on any atom is 0.236 e. The summed E-state index contributed by atoms with van der Waals surface area (Å²) in [5, 5.41) is 3.32. The van der Waals surface area contributed by atoms with Gasteiger partial charge in [-0.1, -0.05) is 6.92 Å². The standard InChI is InChI=1S/C14H27N3O/c1-12-3-5-13(6-4-12)16(2)14(18)11-17-9-7-15-8-10-17/h12-13,15H,3-11H2,1-2H3. The average molecular weight is 253 g/mol. The third kappa shape index (κ3) is 3.69. The lowest BCUT2D eigenvalue weighted by Crippen LogP contribution is -2.49. The summed E-state index contributed by atoms with van der Waals surface area (Å²) in [4.78, 5) is 16.5. The van der Waals surface area contributed by atoms with Crippen LogP contribution in [0.4, 0.5) is 0 Å². The quantitative estimate of drug-likeness (QED) is 0.813. The zero-order chi connectivity index (χ0) is 13.0. The van der Waals surface area contributed by atoms with E-state index in [1.807, 2.05) is 11.9 Å². The highest BCUT2D eigenvalue weighted by Gasteiger charge is 2.25. The maximum atomic E-state index is 12.3. The molecule has 2 aliphatic rings. The molecule has 2 fully saturated rings. The zero-order valence-electron chi connectivity index (χ0n) is 11.8. The van der Waals surface area contributed by atoms with Crippen LogP contribution in [-0.4, -0.2) is 61.5 Å². The van der Waals surface area contributed by atoms with Crippen molar-refractivity contribution in [2.24, 2.45) is 5.92 Å². The molecule has 1 amide bonds. The van der Waals surface area contributed by atoms with Crippen molar-refractivity contribution in [3.63, 3.8) is 0 Å². The first kappa shape index (κ1) is 13.8. The number of carbonyl (C=O) groups excluding carboxylic acids is 1. The summed E-state index contributed by atoms with van der Waals surface area (Å²) in [5.74, 6) is 1.15. The second-order valence-electron chi connectivity index (χ2n) is 5.94. The summed E-state index contributed by atoms with van der Waals surface area (Å²) in [6.07, 6.45) is 4.92. The Kier molecular flexibility index (Phi) is 5.01. The molecule has 1 saturated carbocycles. The molecule has 0 bridgehead atoms. The van der Waals surface area contributed by atoms with E-state index in [1.54, 1.807) is 0 Å². The van der Waals surface area contributed by atoms with E-state index in [0.717, 1.165) is 32.1 Å². The van der Waals surface area contributed by atoms with E-state index in [0.29, 0.717) is 18.5 Å². The van der Waals surface area contributed by atoms with Crippen LogP contribution in [0.2, 0.25) is 0 Å². The molecule has 4 heteroatoms. The number of amides is 1. The van der Waals surface area contributed by atoms with E-state index >= 15 is 0 Å². The van der Waals surface area contributed by atoms with Gasteiger partial charge in [0, 0.05) is 39.3 Å². The van der Waals surface area contributed by atoms with Crippen LogP contribution in [0.3, 0.4) is 0 Å². The molecule has 0 spiro atoms. The minimum atomic E-state index is 0.302. The van der Waals surface area contributed by atoms with Gasteiger partial charge in [0.25, 0.3) is 0 Å². The van der Waals surface area contributed by atoms with Crippen molar-refractivity contribution in [3.8, 4) is 0 Å². The molecule has 0 radical (unpaired) electrons. The first-order valence-electron chi connectivity index (χ1n) is 7.35. The van der Waals surface area contributed by atoms with E-state index < -0.39 is 0 Å². The first-order chi connectivity index (χ1) is 8.66. The predicted molar refractivity (Wildman–Crippen MR) is 73.5 cm³/mol. The Balaban J connectivity index is 1.77. The molecule has 1 aliphatic carbocycles. The van der Waals surface area contributed by atoms with Crippen LogP contribution in [0, 0.1) is 5.92 Å². The van der Waals surface area contributed by atoms with Crippen LogP contribution in [0.25, 0.3) is 0 Å². The Morgan fingerprint density at radius 3 is 2.44 bits per heavy atom. The van der Waals surface area contributed by atoms with Crippen LogP contribution in [0.1, 0.15) is 32.6 Å². The molecular weight excluding hydrogens is 226 g/mol. The van der Waals surface area contributed by atoms with Crippen LogP contribution < -0.4 is 5.32 Å². The number of hydrogen-bond acceptors (Lipinski definition) is 3. The Bertz CT molecular complexity index is 268. The van der Waals surface area contributed by atoms with E-state index in [1.165, 1.54) is 25.7 Å². The van der Waals surface area contributed by atoms with E-state index in [-0.39, 0.29) is 0 Å². The Morgan fingerprint density at radius 1 is 1.22 bits per heavy atom. The molecule has 104 valence electrons. The average Bonchev–Trinajstić information content (AvgIpc) is 2.40. The number of rotatable bonds is 3. The van der Waals surface area contributed by atoms with Gasteiger partial charge in [0.15, 0.2) is 0 Å². The number of piperazine rings is 1. The van der Waals surface area contributed by atoms with Crippen molar-refractivity contribution < 1.29 is 4.79 Å². The van der Waals surface area contributed by atoms with Crippen LogP contribution in [-0.2, 0) is 4.79 Å².